The van der Waals surface area contributed by atoms with E-state index in [-0.39, 0.29) is 5.63 Å². The van der Waals surface area contributed by atoms with Gasteiger partial charge in [-0.3, -0.25) is 0 Å². The summed E-state index contributed by atoms with van der Waals surface area (Å²) in [7, 11) is 0. The molecule has 2 aromatic rings. The number of benzene rings is 1. The number of aryl methyl sites for hydroxylation is 1. The highest BCUT2D eigenvalue weighted by atomic mass is 79.9. The number of ether oxygens (including phenoxy) is 1. The number of hydrogen-bond acceptors (Lipinski definition) is 3. The van der Waals surface area contributed by atoms with Crippen LogP contribution in [0, 0.1) is 6.92 Å². The molecule has 0 fully saturated rings. The van der Waals surface area contributed by atoms with Gasteiger partial charge in [0.25, 0.3) is 0 Å². The summed E-state index contributed by atoms with van der Waals surface area (Å²) in [6, 6.07) is 7.30. The van der Waals surface area contributed by atoms with E-state index in [0.717, 1.165) is 10.7 Å². The minimum atomic E-state index is -0.301. The molecule has 0 spiro atoms. The molecular formula is C12H11BrO3. The van der Waals surface area contributed by atoms with E-state index in [9.17, 15) is 4.79 Å². The molecule has 0 amide bonds. The SMILES string of the molecule is Cc1cc2ccc(OCCBr)cc2oc1=O. The van der Waals surface area contributed by atoms with Gasteiger partial charge in [-0.1, -0.05) is 15.9 Å². The lowest BCUT2D eigenvalue weighted by Crippen LogP contribution is -2.02. The Morgan fingerprint density at radius 1 is 1.38 bits per heavy atom. The third-order valence-electron chi connectivity index (χ3n) is 2.23. The predicted octanol–water partition coefficient (Wildman–Crippen LogP) is 2.88. The lowest BCUT2D eigenvalue weighted by Gasteiger charge is -2.04. The molecule has 4 heteroatoms. The summed E-state index contributed by atoms with van der Waals surface area (Å²) in [4.78, 5) is 11.3. The van der Waals surface area contributed by atoms with Crippen LogP contribution in [0.2, 0.25) is 0 Å². The van der Waals surface area contributed by atoms with E-state index in [2.05, 4.69) is 15.9 Å². The minimum absolute atomic E-state index is 0.301. The first-order valence-corrected chi connectivity index (χ1v) is 6.06. The molecule has 1 aromatic heterocycles. The van der Waals surface area contributed by atoms with Crippen molar-refractivity contribution in [3.63, 3.8) is 0 Å². The van der Waals surface area contributed by atoms with Crippen LogP contribution in [0.3, 0.4) is 0 Å². The predicted molar refractivity (Wildman–Crippen MR) is 66.5 cm³/mol. The largest absolute Gasteiger partial charge is 0.493 e. The molecule has 0 aliphatic carbocycles. The zero-order valence-corrected chi connectivity index (χ0v) is 10.4. The number of hydrogen-bond donors (Lipinski definition) is 0. The molecule has 1 aromatic carbocycles. The molecule has 0 N–H and O–H groups in total. The first-order valence-electron chi connectivity index (χ1n) is 4.94. The van der Waals surface area contributed by atoms with Gasteiger partial charge in [-0.15, -0.1) is 0 Å². The van der Waals surface area contributed by atoms with Crippen molar-refractivity contribution in [1.29, 1.82) is 0 Å². The van der Waals surface area contributed by atoms with Crippen molar-refractivity contribution in [2.24, 2.45) is 0 Å². The van der Waals surface area contributed by atoms with E-state index < -0.39 is 0 Å². The standard InChI is InChI=1S/C12H11BrO3/c1-8-6-9-2-3-10(15-5-4-13)7-11(9)16-12(8)14/h2-3,6-7H,4-5H2,1H3. The molecule has 2 rings (SSSR count). The monoisotopic (exact) mass is 282 g/mol. The molecule has 0 saturated carbocycles. The molecule has 0 atom stereocenters. The fraction of sp³-hybridized carbons (Fsp3) is 0.250. The van der Waals surface area contributed by atoms with Gasteiger partial charge in [-0.05, 0) is 25.1 Å². The Labute approximate surface area is 101 Å². The van der Waals surface area contributed by atoms with Crippen molar-refractivity contribution in [1.82, 2.24) is 0 Å². The molecule has 0 saturated heterocycles. The van der Waals surface area contributed by atoms with E-state index in [4.69, 9.17) is 9.15 Å². The maximum absolute atomic E-state index is 11.3. The number of fused-ring (bicyclic) bond motifs is 1. The van der Waals surface area contributed by atoms with Crippen molar-refractivity contribution in [3.05, 3.63) is 40.2 Å². The smallest absolute Gasteiger partial charge is 0.339 e. The van der Waals surface area contributed by atoms with Crippen molar-refractivity contribution in [2.75, 3.05) is 11.9 Å². The summed E-state index contributed by atoms with van der Waals surface area (Å²) in [6.07, 6.45) is 0. The van der Waals surface area contributed by atoms with Gasteiger partial charge in [0.15, 0.2) is 0 Å². The summed E-state index contributed by atoms with van der Waals surface area (Å²) in [6.45, 7) is 2.32. The third-order valence-corrected chi connectivity index (χ3v) is 2.55. The Kier molecular flexibility index (Phi) is 3.29. The third kappa shape index (κ3) is 2.27. The maximum Gasteiger partial charge on any atom is 0.339 e. The summed E-state index contributed by atoms with van der Waals surface area (Å²) in [5, 5.41) is 1.67. The molecule has 3 nitrogen and oxygen atoms in total. The minimum Gasteiger partial charge on any atom is -0.493 e. The van der Waals surface area contributed by atoms with Gasteiger partial charge in [0, 0.05) is 22.3 Å². The van der Waals surface area contributed by atoms with E-state index in [1.807, 2.05) is 18.2 Å². The fourth-order valence-electron chi connectivity index (χ4n) is 1.44. The van der Waals surface area contributed by atoms with Crippen LogP contribution in [0.25, 0.3) is 11.0 Å². The lowest BCUT2D eigenvalue weighted by atomic mass is 10.2. The van der Waals surface area contributed by atoms with E-state index in [1.54, 1.807) is 13.0 Å². The highest BCUT2D eigenvalue weighted by Gasteiger charge is 2.02. The average Bonchev–Trinajstić information content (AvgIpc) is 2.28. The molecular weight excluding hydrogens is 272 g/mol. The van der Waals surface area contributed by atoms with Gasteiger partial charge in [0.2, 0.25) is 0 Å². The van der Waals surface area contributed by atoms with Gasteiger partial charge >= 0.3 is 5.63 Å². The van der Waals surface area contributed by atoms with Crippen molar-refractivity contribution in [2.45, 2.75) is 6.92 Å². The van der Waals surface area contributed by atoms with Crippen molar-refractivity contribution >= 4 is 26.9 Å². The van der Waals surface area contributed by atoms with Gasteiger partial charge < -0.3 is 9.15 Å². The lowest BCUT2D eigenvalue weighted by molar-refractivity contribution is 0.345. The molecule has 0 bridgehead atoms. The first kappa shape index (κ1) is 11.2. The van der Waals surface area contributed by atoms with Gasteiger partial charge in [0.05, 0.1) is 6.61 Å². The topological polar surface area (TPSA) is 39.4 Å². The highest BCUT2D eigenvalue weighted by Crippen LogP contribution is 2.20. The Balaban J connectivity index is 2.45. The van der Waals surface area contributed by atoms with Gasteiger partial charge in [0.1, 0.15) is 11.3 Å². The Bertz CT molecular complexity index is 560. The van der Waals surface area contributed by atoms with Crippen LogP contribution >= 0.6 is 15.9 Å². The first-order chi connectivity index (χ1) is 7.70. The normalized spacial score (nSPS) is 10.6. The average molecular weight is 283 g/mol. The van der Waals surface area contributed by atoms with E-state index >= 15 is 0 Å². The van der Waals surface area contributed by atoms with Crippen LogP contribution in [0.5, 0.6) is 5.75 Å². The maximum atomic E-state index is 11.3. The second-order valence-electron chi connectivity index (χ2n) is 3.45. The summed E-state index contributed by atoms with van der Waals surface area (Å²) < 4.78 is 10.6. The van der Waals surface area contributed by atoms with Crippen LogP contribution in [-0.4, -0.2) is 11.9 Å². The van der Waals surface area contributed by atoms with Crippen LogP contribution in [0.1, 0.15) is 5.56 Å². The molecule has 0 radical (unpaired) electrons. The van der Waals surface area contributed by atoms with Gasteiger partial charge in [-0.25, -0.2) is 4.79 Å². The van der Waals surface area contributed by atoms with E-state index in [1.165, 1.54) is 0 Å². The number of halogens is 1. The molecule has 1 heterocycles. The Morgan fingerprint density at radius 3 is 2.94 bits per heavy atom. The Hall–Kier alpha value is -1.29. The second kappa shape index (κ2) is 4.70. The van der Waals surface area contributed by atoms with Crippen LogP contribution in [-0.2, 0) is 0 Å². The highest BCUT2D eigenvalue weighted by molar-refractivity contribution is 9.09. The summed E-state index contributed by atoms with van der Waals surface area (Å²) in [5.41, 5.74) is 0.870. The van der Waals surface area contributed by atoms with Crippen molar-refractivity contribution < 1.29 is 9.15 Å². The number of alkyl halides is 1. The fourth-order valence-corrected chi connectivity index (χ4v) is 1.60. The quantitative estimate of drug-likeness (QED) is 0.642. The molecule has 0 aliphatic heterocycles. The van der Waals surface area contributed by atoms with Crippen molar-refractivity contribution in [3.8, 4) is 5.75 Å². The molecule has 0 aliphatic rings. The summed E-state index contributed by atoms with van der Waals surface area (Å²) >= 11 is 3.28. The van der Waals surface area contributed by atoms with Crippen LogP contribution in [0.4, 0.5) is 0 Å². The summed E-state index contributed by atoms with van der Waals surface area (Å²) in [5.74, 6) is 0.707. The van der Waals surface area contributed by atoms with E-state index in [0.29, 0.717) is 23.5 Å². The van der Waals surface area contributed by atoms with Crippen LogP contribution in [0.15, 0.2) is 33.5 Å². The zero-order valence-electron chi connectivity index (χ0n) is 8.83. The molecule has 16 heavy (non-hydrogen) atoms. The number of rotatable bonds is 3. The van der Waals surface area contributed by atoms with Gasteiger partial charge in [-0.2, -0.15) is 0 Å². The second-order valence-corrected chi connectivity index (χ2v) is 4.25. The van der Waals surface area contributed by atoms with Crippen LogP contribution < -0.4 is 10.4 Å². The zero-order chi connectivity index (χ0) is 11.5. The Morgan fingerprint density at radius 2 is 2.19 bits per heavy atom. The molecule has 84 valence electrons. The molecule has 0 unspecified atom stereocenters.